The van der Waals surface area contributed by atoms with Crippen molar-refractivity contribution in [2.75, 3.05) is 148 Å². The maximum Gasteiger partial charge on any atom is 0.407 e. The number of piperidine rings is 6. The second-order valence-electron chi connectivity index (χ2n) is 30.1. The molecule has 0 atom stereocenters. The Morgan fingerprint density at radius 1 is 0.536 bits per heavy atom. The van der Waals surface area contributed by atoms with Crippen LogP contribution in [0.2, 0.25) is 34.1 Å². The fraction of sp³-hybridized carbons (Fsp3) is 0.838. The molecule has 8 heterocycles. The largest absolute Gasteiger partial charge is 0.481 e. The first kappa shape index (κ1) is 140. The van der Waals surface area contributed by atoms with Gasteiger partial charge in [0.2, 0.25) is 0 Å². The van der Waals surface area contributed by atoms with Gasteiger partial charge < -0.3 is 132 Å². The number of aldehydes is 1. The van der Waals surface area contributed by atoms with E-state index >= 15 is 0 Å². The van der Waals surface area contributed by atoms with Crippen LogP contribution in [0.1, 0.15) is 161 Å². The number of nitrogens with two attached hydrogens (primary N) is 1. The van der Waals surface area contributed by atoms with Crippen LogP contribution in [-0.2, 0) is 215 Å². The maximum atomic E-state index is 11.7. The van der Waals surface area contributed by atoms with Gasteiger partial charge in [-0.15, -0.1) is 110 Å². The van der Waals surface area contributed by atoms with Gasteiger partial charge in [0.05, 0.1) is 47.1 Å². The quantitative estimate of drug-likeness (QED) is 0.0209. The maximum absolute atomic E-state index is 11.7. The van der Waals surface area contributed by atoms with Gasteiger partial charge >= 0.3 is 47.4 Å². The van der Waals surface area contributed by atoms with Crippen molar-refractivity contribution in [1.82, 2.24) is 44.5 Å². The fourth-order valence-corrected chi connectivity index (χ4v) is 10.7. The van der Waals surface area contributed by atoms with Crippen molar-refractivity contribution in [1.29, 1.82) is 0 Å². The Hall–Kier alpha value is 5.10. The number of aliphatic hydroxyl groups excluding tert-OH is 4. The van der Waals surface area contributed by atoms with E-state index in [1.54, 1.807) is 41.1 Å². The van der Waals surface area contributed by atoms with Gasteiger partial charge in [-0.3, -0.25) is 28.5 Å². The number of carbonyl (C=O) groups excluding carboxylic acids is 3. The Kier molecular flexibility index (Phi) is 98.1. The first-order valence-corrected chi connectivity index (χ1v) is 38.3. The van der Waals surface area contributed by atoms with E-state index in [-0.39, 0.29) is 335 Å². The molecule has 2 amide bonds. The number of amides is 2. The standard InChI is InChI=1S/C12H22BN2O3.C11H24BN2O2.C11H22BN2O2.C11H19N2O2.C7H15BNO2.C7H13BNO2.C4H11NO.C2H4O2.2CH2Cl2.CH4.2ClH.6Y/c1-12(2)9-18-11(16)15(12)8-10-4-6-14(7-5-10)13(3)17;2*1-11(2,9-15)13-8-10-4-6-14(7-5-10)12(3)16;1-11(2)8-15-10(14)13(11)7-9-3-5-12-6-4-9;2*1-8(11)9-4-2-7(6-10)3-5-9;1-4(2,5)3-6;1-2(3)4;2*2-1-3;;;;;;;;;/h17H,4-9H2,1-3H3;13,15-16H,4-9H2,1-3H3;8,15-16H,4-7,9H2,1-3H3;12H,3-8H2,1-2H3;10-11H,2-6H2,1H3;6,11H,2-5H2,1H3;6H,3,5H2,1-2H3;1H3,(H,3,4);2*1H2;1H4;2*1H;;;;;;/q6*-1;;;;;;;;;;;;;. The van der Waals surface area contributed by atoms with Crippen molar-refractivity contribution >= 4 is 137 Å². The Morgan fingerprint density at radius 3 is 1.04 bits per heavy atom. The second kappa shape index (κ2) is 78.4. The molecule has 644 valence electrons. The van der Waals surface area contributed by atoms with E-state index in [1.165, 1.54) is 29.6 Å². The summed E-state index contributed by atoms with van der Waals surface area (Å²) in [6, 6.07) is 0. The Morgan fingerprint density at radius 2 is 0.804 bits per heavy atom. The zero-order valence-electron chi connectivity index (χ0n) is 69.7. The Bertz CT molecular complexity index is 2250. The number of nitrogens with one attached hydrogen (secondary N) is 2. The smallest absolute Gasteiger partial charge is 0.407 e. The fourth-order valence-electron chi connectivity index (χ4n) is 10.7. The molecule has 8 saturated heterocycles. The van der Waals surface area contributed by atoms with Crippen LogP contribution in [0.5, 0.6) is 0 Å². The van der Waals surface area contributed by atoms with Crippen LogP contribution >= 0.6 is 71.2 Å². The van der Waals surface area contributed by atoms with Crippen molar-refractivity contribution in [3.05, 3.63) is 35.5 Å². The second-order valence-corrected chi connectivity index (χ2v) is 31.7. The third-order valence-corrected chi connectivity index (χ3v) is 18.1. The van der Waals surface area contributed by atoms with E-state index in [0.29, 0.717) is 19.8 Å². The zero-order chi connectivity index (χ0) is 79.3. The van der Waals surface area contributed by atoms with E-state index in [4.69, 9.17) is 97.0 Å². The molecule has 27 nitrogen and oxygen atoms in total. The molecule has 0 aromatic carbocycles. The summed E-state index contributed by atoms with van der Waals surface area (Å²) in [4.78, 5) is 60.7. The zero-order valence-corrected chi connectivity index (χ0v) is 91.3. The number of carboxylic acid groups (broad SMARTS) is 1. The summed E-state index contributed by atoms with van der Waals surface area (Å²) in [6.07, 6.45) is 14.0. The number of aliphatic imine (C=N–C) groups is 1. The number of hydrogen-bond donors (Lipinski definition) is 13. The van der Waals surface area contributed by atoms with E-state index in [9.17, 15) is 34.5 Å². The minimum absolute atomic E-state index is 0. The molecule has 0 bridgehead atoms. The van der Waals surface area contributed by atoms with Crippen LogP contribution in [-0.4, -0.2) is 327 Å². The number of carboxylic acids is 1. The molecule has 0 spiro atoms. The molecule has 8 aliphatic heterocycles. The summed E-state index contributed by atoms with van der Waals surface area (Å²) >= 11 is 19.1. The molecule has 112 heavy (non-hydrogen) atoms. The molecular formula is C68H140B5Cl6N11O16Y6-6. The number of nitrogens with zero attached hydrogens (tertiary/aromatic N) is 8. The number of carbonyl (C=O) groups is 4. The number of aliphatic carboxylic acids is 1. The summed E-state index contributed by atoms with van der Waals surface area (Å²) in [5.74, 6) is 6.97. The Balaban J connectivity index is -0.000000116. The van der Waals surface area contributed by atoms with Crippen molar-refractivity contribution in [2.45, 2.75) is 222 Å². The summed E-state index contributed by atoms with van der Waals surface area (Å²) in [7, 11) is -1.77. The first-order chi connectivity index (χ1) is 48.0. The molecule has 0 aromatic rings. The topological polar surface area (TPSA) is 374 Å². The van der Waals surface area contributed by atoms with Crippen molar-refractivity contribution in [3.8, 4) is 0 Å². The monoisotopic (exact) mass is 2170 g/mol. The predicted molar refractivity (Wildman–Crippen MR) is 444 cm³/mol. The van der Waals surface area contributed by atoms with Crippen molar-refractivity contribution in [3.63, 3.8) is 0 Å². The van der Waals surface area contributed by atoms with Gasteiger partial charge in [-0.1, -0.05) is 27.1 Å². The third-order valence-electron chi connectivity index (χ3n) is 18.1. The van der Waals surface area contributed by atoms with E-state index < -0.39 is 11.5 Å². The van der Waals surface area contributed by atoms with E-state index in [2.05, 4.69) is 43.9 Å². The molecule has 0 saturated carbocycles. The molecule has 8 rings (SSSR count). The van der Waals surface area contributed by atoms with Crippen molar-refractivity contribution < 1.29 is 276 Å². The van der Waals surface area contributed by atoms with E-state index in [1.807, 2.05) is 74.0 Å². The SMILES string of the molecule is C.CB(O)N1CC[C-](C=NC(C)(C)CO)CC1.CB(O)N1CC[C-](C=O)CC1.CB(O)N1CC[C-](CN2C(=O)OCC2(C)C)CC1.CB(O)N1CC[C-](CNC(C)(C)CO)CC1.CB(O)N1CC[C-](CO)CC1.CC(=O)O.CC(C)(N)CO.CC1(C)COC(=O)N1C[C-]1CCNCC1.Cl.Cl.ClCCl.ClCCl.[Y].[Y].[Y].[Y].[Y].[Y]. The number of alkyl halides is 4. The molecule has 8 fully saturated rings. The molecule has 14 N–H and O–H groups in total. The Labute approximate surface area is 862 Å². The minimum Gasteiger partial charge on any atom is -0.481 e. The van der Waals surface area contributed by atoms with Crippen LogP contribution in [0, 0.1) is 35.5 Å². The molecule has 44 heteroatoms. The van der Waals surface area contributed by atoms with Gasteiger partial charge in [-0.05, 0) is 188 Å². The summed E-state index contributed by atoms with van der Waals surface area (Å²) in [5.41, 5.74) is 3.95. The average Bonchev–Trinajstić information content (AvgIpc) is 1.67. The number of ether oxygens (including phenoxy) is 2. The number of cyclic esters (lactones) is 2. The van der Waals surface area contributed by atoms with Gasteiger partial charge in [0.1, 0.15) is 13.2 Å². The average molecular weight is 2170 g/mol. The summed E-state index contributed by atoms with van der Waals surface area (Å²) < 4.78 is 10.2. The minimum atomic E-state index is -0.833. The van der Waals surface area contributed by atoms with Gasteiger partial charge in [-0.25, -0.2) is 9.59 Å². The summed E-state index contributed by atoms with van der Waals surface area (Å²) in [5, 5.41) is 96.4. The summed E-state index contributed by atoms with van der Waals surface area (Å²) in [6.45, 7) is 44.2. The predicted octanol–water partition coefficient (Wildman–Crippen LogP) is 6.75. The van der Waals surface area contributed by atoms with Crippen LogP contribution in [0.15, 0.2) is 4.99 Å². The van der Waals surface area contributed by atoms with Crippen molar-refractivity contribution in [2.24, 2.45) is 10.7 Å². The van der Waals surface area contributed by atoms with Gasteiger partial charge in [0.15, 0.2) is 0 Å². The number of halogens is 6. The molecule has 0 aliphatic carbocycles. The first-order valence-electron chi connectivity index (χ1n) is 36.1. The van der Waals surface area contributed by atoms with E-state index in [0.717, 1.165) is 188 Å². The van der Waals surface area contributed by atoms with Crippen LogP contribution in [0.4, 0.5) is 9.59 Å². The van der Waals surface area contributed by atoms with Gasteiger partial charge in [0.25, 0.3) is 5.97 Å². The number of rotatable bonds is 19. The van der Waals surface area contributed by atoms with Crippen LogP contribution in [0.3, 0.4) is 0 Å². The molecule has 0 aromatic heterocycles. The molecular weight excluding hydrogens is 2030 g/mol. The molecule has 8 aliphatic rings. The van der Waals surface area contributed by atoms with Crippen LogP contribution in [0.25, 0.3) is 0 Å². The number of aliphatic hydroxyl groups is 4. The molecule has 6 radical (unpaired) electrons. The normalized spacial score (nSPS) is 18.6. The van der Waals surface area contributed by atoms with Crippen LogP contribution < -0.4 is 16.4 Å². The van der Waals surface area contributed by atoms with Gasteiger partial charge in [-0.2, -0.15) is 51.4 Å². The number of hydrogen-bond acceptors (Lipinski definition) is 24. The molecule has 0 unspecified atom stereocenters. The van der Waals surface area contributed by atoms with Gasteiger partial charge in [0, 0.05) is 214 Å². The third kappa shape index (κ3) is 68.3.